The van der Waals surface area contributed by atoms with Crippen LogP contribution in [0, 0.1) is 3.57 Å². The molecule has 0 aromatic heterocycles. The molecule has 0 fully saturated rings. The maximum Gasteiger partial charge on any atom is 0.132 e. The minimum atomic E-state index is 0.135. The molecule has 0 aliphatic rings. The van der Waals surface area contributed by atoms with Crippen molar-refractivity contribution in [2.75, 3.05) is 13.7 Å². The summed E-state index contributed by atoms with van der Waals surface area (Å²) < 4.78 is 11.8. The molecule has 72 valence electrons. The fourth-order valence-corrected chi connectivity index (χ4v) is 1.38. The van der Waals surface area contributed by atoms with E-state index in [0.29, 0.717) is 6.61 Å². The van der Waals surface area contributed by atoms with Crippen LogP contribution in [-0.2, 0) is 4.74 Å². The van der Waals surface area contributed by atoms with Gasteiger partial charge in [-0.25, -0.2) is 0 Å². The summed E-state index contributed by atoms with van der Waals surface area (Å²) in [6, 6.07) is 7.95. The summed E-state index contributed by atoms with van der Waals surface area (Å²) in [4.78, 5) is 0. The van der Waals surface area contributed by atoms with Gasteiger partial charge in [-0.15, -0.1) is 0 Å². The molecular formula is C10H13IO2. The van der Waals surface area contributed by atoms with Gasteiger partial charge in [0.1, 0.15) is 12.4 Å². The van der Waals surface area contributed by atoms with Gasteiger partial charge in [-0.05, 0) is 41.6 Å². The third kappa shape index (κ3) is 3.52. The van der Waals surface area contributed by atoms with E-state index in [9.17, 15) is 0 Å². The second-order valence-electron chi connectivity index (χ2n) is 2.79. The molecule has 0 spiro atoms. The van der Waals surface area contributed by atoms with Gasteiger partial charge in [-0.1, -0.05) is 12.1 Å². The van der Waals surface area contributed by atoms with Crippen LogP contribution < -0.4 is 4.74 Å². The molecule has 1 atom stereocenters. The van der Waals surface area contributed by atoms with Crippen molar-refractivity contribution in [3.05, 3.63) is 27.8 Å². The standard InChI is InChI=1S/C10H13IO2/c1-8(12-2)7-13-10-6-4-3-5-9(10)11/h3-6,8H,7H2,1-2H3/t8-/m0/s1. The van der Waals surface area contributed by atoms with Crippen molar-refractivity contribution in [1.29, 1.82) is 0 Å². The van der Waals surface area contributed by atoms with Crippen molar-refractivity contribution < 1.29 is 9.47 Å². The average Bonchev–Trinajstić information content (AvgIpc) is 2.16. The van der Waals surface area contributed by atoms with Crippen molar-refractivity contribution in [2.24, 2.45) is 0 Å². The number of benzene rings is 1. The van der Waals surface area contributed by atoms with Gasteiger partial charge in [0, 0.05) is 7.11 Å². The Morgan fingerprint density at radius 3 is 2.69 bits per heavy atom. The predicted molar refractivity (Wildman–Crippen MR) is 61.1 cm³/mol. The third-order valence-corrected chi connectivity index (χ3v) is 2.60. The van der Waals surface area contributed by atoms with E-state index in [-0.39, 0.29) is 6.10 Å². The molecule has 0 aliphatic heterocycles. The first-order valence-corrected chi connectivity index (χ1v) is 5.22. The highest BCUT2D eigenvalue weighted by atomic mass is 127. The molecule has 0 unspecified atom stereocenters. The number of ether oxygens (including phenoxy) is 2. The lowest BCUT2D eigenvalue weighted by atomic mass is 10.3. The van der Waals surface area contributed by atoms with E-state index in [4.69, 9.17) is 9.47 Å². The van der Waals surface area contributed by atoms with Crippen LogP contribution in [0.2, 0.25) is 0 Å². The Balaban J connectivity index is 2.50. The van der Waals surface area contributed by atoms with Gasteiger partial charge in [0.25, 0.3) is 0 Å². The van der Waals surface area contributed by atoms with Crippen LogP contribution in [0.1, 0.15) is 6.92 Å². The van der Waals surface area contributed by atoms with Gasteiger partial charge in [0.2, 0.25) is 0 Å². The number of hydrogen-bond acceptors (Lipinski definition) is 2. The molecule has 0 amide bonds. The Kier molecular flexibility index (Phi) is 4.52. The van der Waals surface area contributed by atoms with E-state index in [0.717, 1.165) is 9.32 Å². The van der Waals surface area contributed by atoms with E-state index >= 15 is 0 Å². The molecule has 0 saturated heterocycles. The number of halogens is 1. The van der Waals surface area contributed by atoms with E-state index in [1.807, 2.05) is 31.2 Å². The van der Waals surface area contributed by atoms with Crippen LogP contribution in [0.25, 0.3) is 0 Å². The fourth-order valence-electron chi connectivity index (χ4n) is 0.837. The van der Waals surface area contributed by atoms with E-state index in [1.54, 1.807) is 7.11 Å². The van der Waals surface area contributed by atoms with Gasteiger partial charge in [-0.3, -0.25) is 0 Å². The van der Waals surface area contributed by atoms with E-state index in [2.05, 4.69) is 22.6 Å². The van der Waals surface area contributed by atoms with Crippen molar-refractivity contribution in [3.8, 4) is 5.75 Å². The molecule has 0 saturated carbocycles. The molecule has 2 nitrogen and oxygen atoms in total. The first-order chi connectivity index (χ1) is 6.24. The van der Waals surface area contributed by atoms with Gasteiger partial charge in [0.05, 0.1) is 9.67 Å². The third-order valence-electron chi connectivity index (χ3n) is 1.71. The maximum absolute atomic E-state index is 5.56. The normalized spacial score (nSPS) is 12.5. The predicted octanol–water partition coefficient (Wildman–Crippen LogP) is 2.70. The molecule has 13 heavy (non-hydrogen) atoms. The Morgan fingerprint density at radius 1 is 1.38 bits per heavy atom. The Labute approximate surface area is 92.4 Å². The fraction of sp³-hybridized carbons (Fsp3) is 0.400. The maximum atomic E-state index is 5.56. The van der Waals surface area contributed by atoms with E-state index < -0.39 is 0 Å². The van der Waals surface area contributed by atoms with Crippen LogP contribution in [-0.4, -0.2) is 19.8 Å². The first-order valence-electron chi connectivity index (χ1n) is 4.14. The summed E-state index contributed by atoms with van der Waals surface area (Å²) in [5, 5.41) is 0. The number of methoxy groups -OCH3 is 1. The highest BCUT2D eigenvalue weighted by molar-refractivity contribution is 14.1. The Hall–Kier alpha value is -0.290. The molecule has 1 aromatic rings. The highest BCUT2D eigenvalue weighted by Gasteiger charge is 2.02. The summed E-state index contributed by atoms with van der Waals surface area (Å²) >= 11 is 2.25. The summed E-state index contributed by atoms with van der Waals surface area (Å²) in [5.41, 5.74) is 0. The molecule has 0 heterocycles. The number of rotatable bonds is 4. The lowest BCUT2D eigenvalue weighted by Gasteiger charge is -2.12. The molecule has 0 bridgehead atoms. The van der Waals surface area contributed by atoms with Crippen molar-refractivity contribution in [2.45, 2.75) is 13.0 Å². The summed E-state index contributed by atoms with van der Waals surface area (Å²) in [6.45, 7) is 2.58. The summed E-state index contributed by atoms with van der Waals surface area (Å²) in [7, 11) is 1.68. The molecule has 1 aromatic carbocycles. The highest BCUT2D eigenvalue weighted by Crippen LogP contribution is 2.19. The second kappa shape index (κ2) is 5.44. The summed E-state index contributed by atoms with van der Waals surface area (Å²) in [6.07, 6.45) is 0.135. The number of para-hydroxylation sites is 1. The first kappa shape index (κ1) is 10.8. The SMILES string of the molecule is CO[C@@H](C)COc1ccccc1I. The lowest BCUT2D eigenvalue weighted by Crippen LogP contribution is -2.16. The Bertz CT molecular complexity index is 263. The van der Waals surface area contributed by atoms with Crippen LogP contribution in [0.5, 0.6) is 5.75 Å². The van der Waals surface area contributed by atoms with Crippen molar-refractivity contribution in [3.63, 3.8) is 0 Å². The summed E-state index contributed by atoms with van der Waals surface area (Å²) in [5.74, 6) is 0.923. The monoisotopic (exact) mass is 292 g/mol. The Morgan fingerprint density at radius 2 is 2.08 bits per heavy atom. The topological polar surface area (TPSA) is 18.5 Å². The zero-order chi connectivity index (χ0) is 9.68. The largest absolute Gasteiger partial charge is 0.490 e. The van der Waals surface area contributed by atoms with Crippen LogP contribution >= 0.6 is 22.6 Å². The van der Waals surface area contributed by atoms with E-state index in [1.165, 1.54) is 0 Å². The molecular weight excluding hydrogens is 279 g/mol. The number of hydrogen-bond donors (Lipinski definition) is 0. The lowest BCUT2D eigenvalue weighted by molar-refractivity contribution is 0.0713. The van der Waals surface area contributed by atoms with Crippen LogP contribution in [0.3, 0.4) is 0 Å². The minimum Gasteiger partial charge on any atom is -0.490 e. The zero-order valence-electron chi connectivity index (χ0n) is 7.79. The molecule has 1 rings (SSSR count). The smallest absolute Gasteiger partial charge is 0.132 e. The van der Waals surface area contributed by atoms with Crippen LogP contribution in [0.15, 0.2) is 24.3 Å². The average molecular weight is 292 g/mol. The molecule has 0 radical (unpaired) electrons. The van der Waals surface area contributed by atoms with Gasteiger partial charge in [0.15, 0.2) is 0 Å². The zero-order valence-corrected chi connectivity index (χ0v) is 9.95. The van der Waals surface area contributed by atoms with Crippen molar-refractivity contribution in [1.82, 2.24) is 0 Å². The molecule has 0 N–H and O–H groups in total. The van der Waals surface area contributed by atoms with Gasteiger partial charge in [-0.2, -0.15) is 0 Å². The molecule has 3 heteroatoms. The molecule has 0 aliphatic carbocycles. The van der Waals surface area contributed by atoms with Gasteiger partial charge < -0.3 is 9.47 Å². The second-order valence-corrected chi connectivity index (χ2v) is 3.95. The quantitative estimate of drug-likeness (QED) is 0.794. The van der Waals surface area contributed by atoms with Crippen molar-refractivity contribution >= 4 is 22.6 Å². The minimum absolute atomic E-state index is 0.135. The van der Waals surface area contributed by atoms with Crippen LogP contribution in [0.4, 0.5) is 0 Å². The van der Waals surface area contributed by atoms with Gasteiger partial charge >= 0.3 is 0 Å².